The lowest BCUT2D eigenvalue weighted by Gasteiger charge is -2.20. The van der Waals surface area contributed by atoms with Gasteiger partial charge in [0.15, 0.2) is 10.9 Å². The van der Waals surface area contributed by atoms with Crippen LogP contribution >= 0.6 is 11.3 Å². The summed E-state index contributed by atoms with van der Waals surface area (Å²) < 4.78 is 5.02. The zero-order chi connectivity index (χ0) is 19.8. The van der Waals surface area contributed by atoms with Crippen LogP contribution in [0.4, 0.5) is 5.13 Å². The number of carbonyl (C=O) groups excluding carboxylic acids is 3. The molecule has 0 atom stereocenters. The summed E-state index contributed by atoms with van der Waals surface area (Å²) in [5.74, 6) is -0.158. The lowest BCUT2D eigenvalue weighted by Crippen LogP contribution is -2.38. The molecule has 0 saturated heterocycles. The Morgan fingerprint density at radius 3 is 2.68 bits per heavy atom. The Morgan fingerprint density at radius 2 is 1.93 bits per heavy atom. The van der Waals surface area contributed by atoms with Crippen LogP contribution in [0.25, 0.3) is 0 Å². The highest BCUT2D eigenvalue weighted by Crippen LogP contribution is 2.23. The molecule has 9 heteroatoms. The van der Waals surface area contributed by atoms with E-state index in [2.05, 4.69) is 20.9 Å². The third-order valence-electron chi connectivity index (χ3n) is 4.58. The van der Waals surface area contributed by atoms with Crippen LogP contribution in [0.2, 0.25) is 0 Å². The monoisotopic (exact) mass is 404 g/mol. The molecule has 2 heterocycles. The topological polar surface area (TPSA) is 113 Å². The van der Waals surface area contributed by atoms with Crippen LogP contribution in [0.15, 0.2) is 28.2 Å². The fraction of sp³-hybridized carbons (Fsp3) is 0.474. The van der Waals surface area contributed by atoms with E-state index in [-0.39, 0.29) is 35.8 Å². The molecule has 1 fully saturated rings. The summed E-state index contributed by atoms with van der Waals surface area (Å²) in [6, 6.07) is 3.19. The average Bonchev–Trinajstić information content (AvgIpc) is 3.38. The summed E-state index contributed by atoms with van der Waals surface area (Å²) in [4.78, 5) is 40.2. The maximum absolute atomic E-state index is 12.0. The van der Waals surface area contributed by atoms with Crippen LogP contribution in [-0.4, -0.2) is 35.8 Å². The first-order valence-electron chi connectivity index (χ1n) is 9.45. The number of rotatable bonds is 8. The van der Waals surface area contributed by atoms with Gasteiger partial charge >= 0.3 is 0 Å². The predicted octanol–water partition coefficient (Wildman–Crippen LogP) is 2.34. The number of hydrogen-bond acceptors (Lipinski definition) is 6. The van der Waals surface area contributed by atoms with Crippen LogP contribution in [0.1, 0.15) is 48.4 Å². The van der Waals surface area contributed by atoms with E-state index >= 15 is 0 Å². The van der Waals surface area contributed by atoms with Gasteiger partial charge in [0.25, 0.3) is 5.91 Å². The maximum atomic E-state index is 12.0. The van der Waals surface area contributed by atoms with Gasteiger partial charge < -0.3 is 15.1 Å². The number of hydrogen-bond donors (Lipinski definition) is 3. The quantitative estimate of drug-likeness (QED) is 0.585. The van der Waals surface area contributed by atoms with Crippen molar-refractivity contribution in [2.45, 2.75) is 38.5 Å². The minimum absolute atomic E-state index is 0.0883. The Labute approximate surface area is 167 Å². The summed E-state index contributed by atoms with van der Waals surface area (Å²) >= 11 is 1.24. The van der Waals surface area contributed by atoms with E-state index in [1.54, 1.807) is 17.5 Å². The number of aromatic nitrogens is 1. The molecule has 0 bridgehead atoms. The summed E-state index contributed by atoms with van der Waals surface area (Å²) in [5.41, 5.74) is 0.573. The maximum Gasteiger partial charge on any atom is 0.293 e. The molecule has 2 aromatic rings. The molecule has 3 N–H and O–H groups in total. The van der Waals surface area contributed by atoms with Crippen LogP contribution < -0.4 is 16.0 Å². The van der Waals surface area contributed by atoms with Crippen molar-refractivity contribution in [2.24, 2.45) is 5.92 Å². The van der Waals surface area contributed by atoms with Gasteiger partial charge in [-0.05, 0) is 25.0 Å². The van der Waals surface area contributed by atoms with Crippen molar-refractivity contribution in [1.29, 1.82) is 0 Å². The normalized spacial score (nSPS) is 14.4. The Hall–Kier alpha value is -2.68. The van der Waals surface area contributed by atoms with E-state index in [9.17, 15) is 14.4 Å². The average molecular weight is 404 g/mol. The third-order valence-corrected chi connectivity index (χ3v) is 5.39. The number of anilines is 1. The van der Waals surface area contributed by atoms with Crippen molar-refractivity contribution in [2.75, 3.05) is 18.4 Å². The van der Waals surface area contributed by atoms with Crippen molar-refractivity contribution >= 4 is 34.2 Å². The van der Waals surface area contributed by atoms with Crippen LogP contribution in [0.3, 0.4) is 0 Å². The summed E-state index contributed by atoms with van der Waals surface area (Å²) in [7, 11) is 0. The summed E-state index contributed by atoms with van der Waals surface area (Å²) in [6.45, 7) is 0.798. The van der Waals surface area contributed by atoms with Gasteiger partial charge in [-0.15, -0.1) is 11.3 Å². The highest BCUT2D eigenvalue weighted by Gasteiger charge is 2.20. The lowest BCUT2D eigenvalue weighted by atomic mass is 9.89. The van der Waals surface area contributed by atoms with Crippen molar-refractivity contribution < 1.29 is 18.8 Å². The van der Waals surface area contributed by atoms with Crippen LogP contribution in [0, 0.1) is 5.92 Å². The first-order valence-corrected chi connectivity index (χ1v) is 10.3. The molecule has 3 amide bonds. The van der Waals surface area contributed by atoms with E-state index in [4.69, 9.17) is 4.42 Å². The number of furan rings is 1. The van der Waals surface area contributed by atoms with Gasteiger partial charge in [0, 0.05) is 24.4 Å². The second-order valence-electron chi connectivity index (χ2n) is 6.73. The minimum atomic E-state index is -0.385. The molecule has 2 aromatic heterocycles. The molecule has 0 aliphatic heterocycles. The third kappa shape index (κ3) is 5.91. The number of amides is 3. The largest absolute Gasteiger partial charge is 0.459 e. The molecule has 0 radical (unpaired) electrons. The van der Waals surface area contributed by atoms with E-state index in [0.29, 0.717) is 23.9 Å². The van der Waals surface area contributed by atoms with Crippen molar-refractivity contribution in [1.82, 2.24) is 15.6 Å². The van der Waals surface area contributed by atoms with Gasteiger partial charge in [0.05, 0.1) is 18.4 Å². The Kier molecular flexibility index (Phi) is 7.18. The molecule has 8 nitrogen and oxygen atoms in total. The van der Waals surface area contributed by atoms with Crippen LogP contribution in [0.5, 0.6) is 0 Å². The fourth-order valence-electron chi connectivity index (χ4n) is 3.14. The summed E-state index contributed by atoms with van der Waals surface area (Å²) in [6.07, 6.45) is 6.90. The van der Waals surface area contributed by atoms with Crippen LogP contribution in [-0.2, 0) is 16.0 Å². The van der Waals surface area contributed by atoms with E-state index < -0.39 is 0 Å². The standard InChI is InChI=1S/C19H24N4O4S/c24-16(20-8-9-21-17(25)13-5-2-1-3-6-13)11-14-12-28-19(22-14)23-18(26)15-7-4-10-27-15/h4,7,10,12-13H,1-3,5-6,8-9,11H2,(H,20,24)(H,21,25)(H,22,23,26). The highest BCUT2D eigenvalue weighted by molar-refractivity contribution is 7.14. The SMILES string of the molecule is O=C(Cc1csc(NC(=O)c2ccco2)n1)NCCNC(=O)C1CCCCC1. The molecule has 150 valence electrons. The molecule has 1 saturated carbocycles. The first-order chi connectivity index (χ1) is 13.6. The summed E-state index contributed by atoms with van der Waals surface area (Å²) in [5, 5.41) is 10.4. The van der Waals surface area contributed by atoms with Crippen molar-refractivity contribution in [3.63, 3.8) is 0 Å². The number of carbonyl (C=O) groups is 3. The lowest BCUT2D eigenvalue weighted by molar-refractivity contribution is -0.126. The highest BCUT2D eigenvalue weighted by atomic mass is 32.1. The molecule has 0 unspecified atom stereocenters. The van der Waals surface area contributed by atoms with Gasteiger partial charge in [-0.25, -0.2) is 4.98 Å². The molecule has 1 aliphatic carbocycles. The minimum Gasteiger partial charge on any atom is -0.459 e. The van der Waals surface area contributed by atoms with Gasteiger partial charge in [-0.2, -0.15) is 0 Å². The van der Waals surface area contributed by atoms with E-state index in [1.165, 1.54) is 24.0 Å². The zero-order valence-electron chi connectivity index (χ0n) is 15.5. The zero-order valence-corrected chi connectivity index (χ0v) is 16.3. The van der Waals surface area contributed by atoms with Gasteiger partial charge in [-0.1, -0.05) is 19.3 Å². The molecule has 0 spiro atoms. The second-order valence-corrected chi connectivity index (χ2v) is 7.59. The van der Waals surface area contributed by atoms with E-state index in [1.807, 2.05) is 0 Å². The Morgan fingerprint density at radius 1 is 1.14 bits per heavy atom. The number of thiazole rings is 1. The van der Waals surface area contributed by atoms with Crippen molar-refractivity contribution in [3.05, 3.63) is 35.2 Å². The Bertz CT molecular complexity index is 797. The molecule has 3 rings (SSSR count). The number of nitrogens with one attached hydrogen (secondary N) is 3. The molecular formula is C19H24N4O4S. The molecule has 0 aromatic carbocycles. The first kappa shape index (κ1) is 20.1. The van der Waals surface area contributed by atoms with Gasteiger partial charge in [-0.3, -0.25) is 19.7 Å². The van der Waals surface area contributed by atoms with Gasteiger partial charge in [0.2, 0.25) is 11.8 Å². The molecular weight excluding hydrogens is 380 g/mol. The smallest absolute Gasteiger partial charge is 0.293 e. The second kappa shape index (κ2) is 10.0. The molecule has 1 aliphatic rings. The molecule has 28 heavy (non-hydrogen) atoms. The predicted molar refractivity (Wildman–Crippen MR) is 105 cm³/mol. The van der Waals surface area contributed by atoms with Crippen molar-refractivity contribution in [3.8, 4) is 0 Å². The Balaban J connectivity index is 1.34. The fourth-order valence-corrected chi connectivity index (χ4v) is 3.84. The van der Waals surface area contributed by atoms with E-state index in [0.717, 1.165) is 25.7 Å². The number of nitrogens with zero attached hydrogens (tertiary/aromatic N) is 1. The van der Waals surface area contributed by atoms with Gasteiger partial charge in [0.1, 0.15) is 0 Å².